The Hall–Kier alpha value is -2.68. The summed E-state index contributed by atoms with van der Waals surface area (Å²) in [5, 5.41) is 0.937. The Bertz CT molecular complexity index is 938. The van der Waals surface area contributed by atoms with E-state index in [1.54, 1.807) is 0 Å². The van der Waals surface area contributed by atoms with E-state index < -0.39 is 0 Å². The molecule has 4 rings (SSSR count). The van der Waals surface area contributed by atoms with Crippen LogP contribution in [-0.2, 0) is 0 Å². The highest BCUT2D eigenvalue weighted by Gasteiger charge is 2.22. The van der Waals surface area contributed by atoms with Gasteiger partial charge in [0.25, 0.3) is 5.91 Å². The Labute approximate surface area is 154 Å². The number of likely N-dealkylation sites (tertiary alicyclic amines) is 1. The summed E-state index contributed by atoms with van der Waals surface area (Å²) in [7, 11) is 0. The number of nitrogens with zero attached hydrogens (tertiary/aromatic N) is 2. The number of hydrogen-bond donors (Lipinski definition) is 0. The van der Waals surface area contributed by atoms with Crippen molar-refractivity contribution in [2.75, 3.05) is 13.1 Å². The van der Waals surface area contributed by atoms with Gasteiger partial charge in [0.2, 0.25) is 0 Å². The topological polar surface area (TPSA) is 33.2 Å². The standard InChI is InChI=1S/C23H24N2O/c1-16(2)17-9-11-18(12-10-17)22-15-20(23(26)25-13-5-6-14-25)19-7-3-4-8-21(19)24-22/h3-4,7-12,15-16H,5-6,13-14H2,1-2H3. The summed E-state index contributed by atoms with van der Waals surface area (Å²) >= 11 is 0. The molecule has 3 nitrogen and oxygen atoms in total. The molecule has 1 aromatic heterocycles. The fourth-order valence-electron chi connectivity index (χ4n) is 3.63. The van der Waals surface area contributed by atoms with Gasteiger partial charge in [0.15, 0.2) is 0 Å². The summed E-state index contributed by atoms with van der Waals surface area (Å²) in [4.78, 5) is 19.9. The molecule has 26 heavy (non-hydrogen) atoms. The molecule has 1 aliphatic rings. The van der Waals surface area contributed by atoms with Gasteiger partial charge in [-0.15, -0.1) is 0 Å². The lowest BCUT2D eigenvalue weighted by Crippen LogP contribution is -2.27. The van der Waals surface area contributed by atoms with E-state index in [-0.39, 0.29) is 5.91 Å². The molecule has 1 saturated heterocycles. The minimum atomic E-state index is 0.126. The number of benzene rings is 2. The van der Waals surface area contributed by atoms with Gasteiger partial charge in [-0.25, -0.2) is 4.98 Å². The molecule has 0 unspecified atom stereocenters. The van der Waals surface area contributed by atoms with Gasteiger partial charge >= 0.3 is 0 Å². The summed E-state index contributed by atoms with van der Waals surface area (Å²) in [5.74, 6) is 0.627. The number of carbonyl (C=O) groups is 1. The fourth-order valence-corrected chi connectivity index (χ4v) is 3.63. The molecule has 0 atom stereocenters. The van der Waals surface area contributed by atoms with Gasteiger partial charge in [-0.1, -0.05) is 56.3 Å². The monoisotopic (exact) mass is 344 g/mol. The van der Waals surface area contributed by atoms with E-state index in [0.717, 1.165) is 53.7 Å². The summed E-state index contributed by atoms with van der Waals surface area (Å²) in [6.07, 6.45) is 2.19. The van der Waals surface area contributed by atoms with Crippen LogP contribution >= 0.6 is 0 Å². The molecule has 1 fully saturated rings. The van der Waals surface area contributed by atoms with Crippen molar-refractivity contribution in [2.24, 2.45) is 0 Å². The third kappa shape index (κ3) is 3.10. The zero-order chi connectivity index (χ0) is 18.1. The van der Waals surface area contributed by atoms with Gasteiger partial charge in [0.1, 0.15) is 0 Å². The Morgan fingerprint density at radius 3 is 2.38 bits per heavy atom. The van der Waals surface area contributed by atoms with E-state index in [9.17, 15) is 4.79 Å². The number of hydrogen-bond acceptors (Lipinski definition) is 2. The maximum Gasteiger partial charge on any atom is 0.254 e. The molecule has 3 heteroatoms. The highest BCUT2D eigenvalue weighted by atomic mass is 16.2. The van der Waals surface area contributed by atoms with Crippen LogP contribution in [0.1, 0.15) is 48.5 Å². The van der Waals surface area contributed by atoms with E-state index in [4.69, 9.17) is 4.98 Å². The van der Waals surface area contributed by atoms with E-state index in [2.05, 4.69) is 38.1 Å². The number of fused-ring (bicyclic) bond motifs is 1. The van der Waals surface area contributed by atoms with Crippen LogP contribution in [-0.4, -0.2) is 28.9 Å². The van der Waals surface area contributed by atoms with E-state index in [1.807, 2.05) is 35.2 Å². The number of aromatic nitrogens is 1. The molecule has 0 spiro atoms. The lowest BCUT2D eigenvalue weighted by atomic mass is 9.99. The first-order valence-electron chi connectivity index (χ1n) is 9.43. The second kappa shape index (κ2) is 6.91. The summed E-state index contributed by atoms with van der Waals surface area (Å²) < 4.78 is 0. The fraction of sp³-hybridized carbons (Fsp3) is 0.304. The summed E-state index contributed by atoms with van der Waals surface area (Å²) in [5.41, 5.74) is 4.86. The van der Waals surface area contributed by atoms with Crippen molar-refractivity contribution in [1.82, 2.24) is 9.88 Å². The smallest absolute Gasteiger partial charge is 0.254 e. The van der Waals surface area contributed by atoms with Gasteiger partial charge in [0, 0.05) is 24.0 Å². The zero-order valence-corrected chi connectivity index (χ0v) is 15.4. The number of rotatable bonds is 3. The number of amides is 1. The number of pyridine rings is 1. The summed E-state index contributed by atoms with van der Waals surface area (Å²) in [6, 6.07) is 18.4. The molecule has 0 saturated carbocycles. The lowest BCUT2D eigenvalue weighted by molar-refractivity contribution is 0.0794. The molecule has 0 bridgehead atoms. The molecule has 0 aliphatic carbocycles. The van der Waals surface area contributed by atoms with Crippen molar-refractivity contribution >= 4 is 16.8 Å². The molecule has 0 radical (unpaired) electrons. The van der Waals surface area contributed by atoms with Gasteiger partial charge in [0.05, 0.1) is 16.8 Å². The zero-order valence-electron chi connectivity index (χ0n) is 15.4. The quantitative estimate of drug-likeness (QED) is 0.649. The first-order valence-corrected chi connectivity index (χ1v) is 9.43. The first kappa shape index (κ1) is 16.8. The van der Waals surface area contributed by atoms with E-state index in [0.29, 0.717) is 5.92 Å². The number of carbonyl (C=O) groups excluding carboxylic acids is 1. The average Bonchev–Trinajstić information content (AvgIpc) is 3.21. The highest BCUT2D eigenvalue weighted by molar-refractivity contribution is 6.07. The molecule has 0 N–H and O–H groups in total. The van der Waals surface area contributed by atoms with Crippen LogP contribution in [0.25, 0.3) is 22.2 Å². The molecule has 2 aromatic carbocycles. The van der Waals surface area contributed by atoms with E-state index >= 15 is 0 Å². The van der Waals surface area contributed by atoms with Crippen LogP contribution in [0.5, 0.6) is 0 Å². The van der Waals surface area contributed by atoms with Crippen LogP contribution in [0.3, 0.4) is 0 Å². The van der Waals surface area contributed by atoms with Crippen molar-refractivity contribution in [3.05, 3.63) is 65.7 Å². The predicted molar refractivity (Wildman–Crippen MR) is 106 cm³/mol. The SMILES string of the molecule is CC(C)c1ccc(-c2cc(C(=O)N3CCCC3)c3ccccc3n2)cc1. The third-order valence-electron chi connectivity index (χ3n) is 5.21. The molecular weight excluding hydrogens is 320 g/mol. The largest absolute Gasteiger partial charge is 0.339 e. The normalized spacial score (nSPS) is 14.3. The van der Waals surface area contributed by atoms with Crippen molar-refractivity contribution in [2.45, 2.75) is 32.6 Å². The minimum Gasteiger partial charge on any atom is -0.339 e. The Kier molecular flexibility index (Phi) is 4.46. The van der Waals surface area contributed by atoms with E-state index in [1.165, 1.54) is 5.56 Å². The Balaban J connectivity index is 1.82. The minimum absolute atomic E-state index is 0.126. The number of para-hydroxylation sites is 1. The summed E-state index contributed by atoms with van der Waals surface area (Å²) in [6.45, 7) is 6.09. The van der Waals surface area contributed by atoms with Crippen LogP contribution < -0.4 is 0 Å². The van der Waals surface area contributed by atoms with Gasteiger partial charge < -0.3 is 4.90 Å². The molecule has 3 aromatic rings. The maximum absolute atomic E-state index is 13.1. The molecule has 2 heterocycles. The van der Waals surface area contributed by atoms with Crippen molar-refractivity contribution < 1.29 is 4.79 Å². The second-order valence-electron chi connectivity index (χ2n) is 7.35. The van der Waals surface area contributed by atoms with Crippen LogP contribution in [0, 0.1) is 0 Å². The molecule has 132 valence electrons. The van der Waals surface area contributed by atoms with Gasteiger partial charge in [-0.3, -0.25) is 4.79 Å². The third-order valence-corrected chi connectivity index (χ3v) is 5.21. The van der Waals surface area contributed by atoms with Crippen LogP contribution in [0.15, 0.2) is 54.6 Å². The average molecular weight is 344 g/mol. The van der Waals surface area contributed by atoms with Crippen molar-refractivity contribution in [1.29, 1.82) is 0 Å². The van der Waals surface area contributed by atoms with Crippen LogP contribution in [0.2, 0.25) is 0 Å². The maximum atomic E-state index is 13.1. The van der Waals surface area contributed by atoms with Gasteiger partial charge in [-0.05, 0) is 36.5 Å². The van der Waals surface area contributed by atoms with Gasteiger partial charge in [-0.2, -0.15) is 0 Å². The molecule has 1 aliphatic heterocycles. The Morgan fingerprint density at radius 1 is 1.00 bits per heavy atom. The molecular formula is C23H24N2O. The Morgan fingerprint density at radius 2 is 1.69 bits per heavy atom. The van der Waals surface area contributed by atoms with Crippen LogP contribution in [0.4, 0.5) is 0 Å². The predicted octanol–water partition coefficient (Wildman–Crippen LogP) is 5.26. The highest BCUT2D eigenvalue weighted by Crippen LogP contribution is 2.28. The second-order valence-corrected chi connectivity index (χ2v) is 7.35. The van der Waals surface area contributed by atoms with Crippen molar-refractivity contribution in [3.8, 4) is 11.3 Å². The first-order chi connectivity index (χ1) is 12.6. The molecule has 1 amide bonds. The lowest BCUT2D eigenvalue weighted by Gasteiger charge is -2.17. The van der Waals surface area contributed by atoms with Crippen molar-refractivity contribution in [3.63, 3.8) is 0 Å².